The lowest BCUT2D eigenvalue weighted by Crippen LogP contribution is -2.17. The van der Waals surface area contributed by atoms with Crippen LogP contribution in [0.4, 0.5) is 5.82 Å². The van der Waals surface area contributed by atoms with E-state index in [0.717, 1.165) is 36.0 Å². The zero-order valence-corrected chi connectivity index (χ0v) is 13.3. The number of nitrogens with zero attached hydrogens (tertiary/aromatic N) is 3. The predicted octanol–water partition coefficient (Wildman–Crippen LogP) is 2.85. The fourth-order valence-corrected chi connectivity index (χ4v) is 4.14. The smallest absolute Gasteiger partial charge is 0.138 e. The molecule has 0 amide bonds. The van der Waals surface area contributed by atoms with Gasteiger partial charge < -0.3 is 10.2 Å². The molecule has 0 saturated heterocycles. The first-order valence-corrected chi connectivity index (χ1v) is 8.14. The molecule has 2 aromatic rings. The van der Waals surface area contributed by atoms with Crippen molar-refractivity contribution >= 4 is 27.4 Å². The van der Waals surface area contributed by atoms with Gasteiger partial charge in [0.15, 0.2) is 0 Å². The van der Waals surface area contributed by atoms with Crippen molar-refractivity contribution in [2.24, 2.45) is 0 Å². The highest BCUT2D eigenvalue weighted by Crippen LogP contribution is 2.39. The molecule has 0 unspecified atom stereocenters. The summed E-state index contributed by atoms with van der Waals surface area (Å²) in [7, 11) is 4.22. The summed E-state index contributed by atoms with van der Waals surface area (Å²) in [5.41, 5.74) is 1.50. The lowest BCUT2D eigenvalue weighted by Gasteiger charge is -2.11. The highest BCUT2D eigenvalue weighted by atomic mass is 32.1. The second-order valence-electron chi connectivity index (χ2n) is 5.74. The van der Waals surface area contributed by atoms with E-state index in [9.17, 15) is 0 Å². The van der Waals surface area contributed by atoms with Crippen LogP contribution >= 0.6 is 11.3 Å². The van der Waals surface area contributed by atoms with Crippen LogP contribution in [-0.2, 0) is 12.8 Å². The Morgan fingerprint density at radius 1 is 1.25 bits per heavy atom. The third kappa shape index (κ3) is 2.65. The molecule has 108 valence electrons. The molecule has 4 nitrogen and oxygen atoms in total. The summed E-state index contributed by atoms with van der Waals surface area (Å²) in [5.74, 6) is 1.91. The van der Waals surface area contributed by atoms with E-state index in [2.05, 4.69) is 34.3 Å². The first kappa shape index (κ1) is 13.8. The molecule has 0 fully saturated rings. The Hall–Kier alpha value is -1.20. The first-order chi connectivity index (χ1) is 9.65. The van der Waals surface area contributed by atoms with Crippen molar-refractivity contribution in [3.63, 3.8) is 0 Å². The van der Waals surface area contributed by atoms with Crippen molar-refractivity contribution in [2.45, 2.75) is 32.6 Å². The molecule has 0 atom stereocenters. The molecule has 0 saturated carbocycles. The predicted molar refractivity (Wildman–Crippen MR) is 85.8 cm³/mol. The van der Waals surface area contributed by atoms with Gasteiger partial charge in [0.2, 0.25) is 0 Å². The number of anilines is 1. The minimum absolute atomic E-state index is 0.868. The number of fused-ring (bicyclic) bond motifs is 3. The summed E-state index contributed by atoms with van der Waals surface area (Å²) in [6.45, 7) is 4.05. The van der Waals surface area contributed by atoms with Gasteiger partial charge in [-0.15, -0.1) is 11.3 Å². The normalized spacial score (nSPS) is 14.2. The molecule has 1 N–H and O–H groups in total. The van der Waals surface area contributed by atoms with E-state index in [1.165, 1.54) is 35.1 Å². The van der Waals surface area contributed by atoms with Crippen LogP contribution in [0, 0.1) is 6.92 Å². The zero-order chi connectivity index (χ0) is 14.1. The maximum Gasteiger partial charge on any atom is 0.138 e. The molecule has 1 aliphatic rings. The number of rotatable bonds is 5. The first-order valence-electron chi connectivity index (χ1n) is 7.32. The maximum atomic E-state index is 4.64. The third-order valence-corrected chi connectivity index (χ3v) is 4.94. The van der Waals surface area contributed by atoms with Crippen LogP contribution in [0.3, 0.4) is 0 Å². The Morgan fingerprint density at radius 2 is 2.10 bits per heavy atom. The lowest BCUT2D eigenvalue weighted by atomic mass is 10.2. The molecule has 20 heavy (non-hydrogen) atoms. The van der Waals surface area contributed by atoms with Crippen molar-refractivity contribution in [3.05, 3.63) is 16.3 Å². The quantitative estimate of drug-likeness (QED) is 0.860. The third-order valence-electron chi connectivity index (χ3n) is 3.75. The Balaban J connectivity index is 1.85. The van der Waals surface area contributed by atoms with E-state index >= 15 is 0 Å². The largest absolute Gasteiger partial charge is 0.369 e. The average molecular weight is 290 g/mol. The number of thiophene rings is 1. The van der Waals surface area contributed by atoms with Crippen LogP contribution in [0.15, 0.2) is 0 Å². The maximum absolute atomic E-state index is 4.64. The summed E-state index contributed by atoms with van der Waals surface area (Å²) in [6.07, 6.45) is 4.82. The van der Waals surface area contributed by atoms with Gasteiger partial charge in [-0.1, -0.05) is 0 Å². The van der Waals surface area contributed by atoms with E-state index in [1.54, 1.807) is 0 Å². The van der Waals surface area contributed by atoms with E-state index < -0.39 is 0 Å². The van der Waals surface area contributed by atoms with Crippen molar-refractivity contribution in [3.8, 4) is 0 Å². The average Bonchev–Trinajstić information content (AvgIpc) is 2.93. The Kier molecular flexibility index (Phi) is 3.89. The molecule has 2 heterocycles. The van der Waals surface area contributed by atoms with E-state index in [0.29, 0.717) is 0 Å². The van der Waals surface area contributed by atoms with Gasteiger partial charge in [0, 0.05) is 11.4 Å². The topological polar surface area (TPSA) is 41.1 Å². The summed E-state index contributed by atoms with van der Waals surface area (Å²) < 4.78 is 0. The van der Waals surface area contributed by atoms with Crippen LogP contribution in [-0.4, -0.2) is 42.1 Å². The summed E-state index contributed by atoms with van der Waals surface area (Å²) >= 11 is 1.86. The number of hydrogen-bond donors (Lipinski definition) is 1. The number of aryl methyl sites for hydroxylation is 3. The van der Waals surface area contributed by atoms with Gasteiger partial charge in [0.1, 0.15) is 16.5 Å². The monoisotopic (exact) mass is 290 g/mol. The van der Waals surface area contributed by atoms with E-state index in [4.69, 9.17) is 0 Å². The molecular formula is C15H22N4S. The Bertz CT molecular complexity index is 618. The second-order valence-corrected chi connectivity index (χ2v) is 6.82. The Labute approximate surface area is 124 Å². The molecule has 0 spiro atoms. The molecule has 0 aromatic carbocycles. The standard InChI is InChI=1S/C15H22N4S/c1-10-17-14(16-8-5-9-19(2)3)13-11-6-4-7-12(11)20-15(13)18-10/h4-9H2,1-3H3,(H,16,17,18). The van der Waals surface area contributed by atoms with Crippen molar-refractivity contribution in [1.82, 2.24) is 14.9 Å². The van der Waals surface area contributed by atoms with Gasteiger partial charge in [0.25, 0.3) is 0 Å². The fourth-order valence-electron chi connectivity index (χ4n) is 2.83. The number of aromatic nitrogens is 2. The molecule has 3 rings (SSSR count). The van der Waals surface area contributed by atoms with Gasteiger partial charge in [-0.3, -0.25) is 0 Å². The second kappa shape index (κ2) is 5.66. The number of nitrogens with one attached hydrogen (secondary N) is 1. The highest BCUT2D eigenvalue weighted by molar-refractivity contribution is 7.19. The van der Waals surface area contributed by atoms with E-state index in [-0.39, 0.29) is 0 Å². The number of hydrogen-bond acceptors (Lipinski definition) is 5. The summed E-state index contributed by atoms with van der Waals surface area (Å²) in [5, 5.41) is 4.82. The van der Waals surface area contributed by atoms with Crippen molar-refractivity contribution in [2.75, 3.05) is 32.5 Å². The van der Waals surface area contributed by atoms with Crippen LogP contribution in [0.25, 0.3) is 10.2 Å². The molecule has 0 bridgehead atoms. The molecule has 0 radical (unpaired) electrons. The molecule has 0 aliphatic heterocycles. The lowest BCUT2D eigenvalue weighted by molar-refractivity contribution is 0.405. The molecule has 2 aromatic heterocycles. The van der Waals surface area contributed by atoms with Crippen molar-refractivity contribution < 1.29 is 0 Å². The highest BCUT2D eigenvalue weighted by Gasteiger charge is 2.21. The zero-order valence-electron chi connectivity index (χ0n) is 12.5. The molecule has 5 heteroatoms. The van der Waals surface area contributed by atoms with Crippen molar-refractivity contribution in [1.29, 1.82) is 0 Å². The summed E-state index contributed by atoms with van der Waals surface area (Å²) in [6, 6.07) is 0. The van der Waals surface area contributed by atoms with Gasteiger partial charge in [-0.05, 0) is 58.8 Å². The van der Waals surface area contributed by atoms with Gasteiger partial charge >= 0.3 is 0 Å². The van der Waals surface area contributed by atoms with Crippen LogP contribution in [0.1, 0.15) is 29.1 Å². The molecular weight excluding hydrogens is 268 g/mol. The van der Waals surface area contributed by atoms with Gasteiger partial charge in [-0.2, -0.15) is 0 Å². The van der Waals surface area contributed by atoms with E-state index in [1.807, 2.05) is 18.3 Å². The van der Waals surface area contributed by atoms with Gasteiger partial charge in [-0.25, -0.2) is 9.97 Å². The minimum Gasteiger partial charge on any atom is -0.369 e. The molecule has 1 aliphatic carbocycles. The Morgan fingerprint density at radius 3 is 2.90 bits per heavy atom. The van der Waals surface area contributed by atoms with Gasteiger partial charge in [0.05, 0.1) is 5.39 Å². The SMILES string of the molecule is Cc1nc(NCCCN(C)C)c2c3c(sc2n1)CCC3. The van der Waals surface area contributed by atoms with Crippen LogP contribution < -0.4 is 5.32 Å². The minimum atomic E-state index is 0.868. The fraction of sp³-hybridized carbons (Fsp3) is 0.600. The summed E-state index contributed by atoms with van der Waals surface area (Å²) in [4.78, 5) is 14.2. The van der Waals surface area contributed by atoms with Crippen LogP contribution in [0.2, 0.25) is 0 Å². The van der Waals surface area contributed by atoms with Crippen LogP contribution in [0.5, 0.6) is 0 Å².